The lowest BCUT2D eigenvalue weighted by atomic mass is 10.1. The number of aliphatic carboxylic acids is 1. The first-order valence-electron chi connectivity index (χ1n) is 8.84. The summed E-state index contributed by atoms with van der Waals surface area (Å²) in [5, 5.41) is 37.0. The van der Waals surface area contributed by atoms with E-state index < -0.39 is 18.2 Å². The van der Waals surface area contributed by atoms with Crippen LogP contribution in [0.25, 0.3) is 0 Å². The lowest BCUT2D eigenvalue weighted by molar-refractivity contribution is -0.137. The van der Waals surface area contributed by atoms with Gasteiger partial charge in [-0.15, -0.1) is 0 Å². The molecule has 0 aliphatic heterocycles. The third kappa shape index (κ3) is 18.5. The summed E-state index contributed by atoms with van der Waals surface area (Å²) in [4.78, 5) is 10.4. The van der Waals surface area contributed by atoms with Gasteiger partial charge in [0.2, 0.25) is 0 Å². The fraction of sp³-hybridized carbons (Fsp3) is 0.550. The Morgan fingerprint density at radius 3 is 2.12 bits per heavy atom. The van der Waals surface area contributed by atoms with Gasteiger partial charge in [-0.05, 0) is 45.4 Å². The number of hydrogen-bond donors (Lipinski definition) is 4. The standard InChI is InChI=1S/C20H32O5/c1-17(21)11-6-2-3-7-12-18(22)13-8-4-5-9-14-19(23)15-10-16-20(24)25/h3-5,7-9,13-14,17-19,21-23H,2,6,10-12,15-16H2,1H3,(H,24,25)/b5-4+,7-3+,13-8+,14-9+/t17?,18-,19-/m1/s1. The fourth-order valence-corrected chi connectivity index (χ4v) is 2.03. The van der Waals surface area contributed by atoms with Crippen LogP contribution in [0.15, 0.2) is 48.6 Å². The highest BCUT2D eigenvalue weighted by molar-refractivity contribution is 5.66. The summed E-state index contributed by atoms with van der Waals surface area (Å²) < 4.78 is 0. The van der Waals surface area contributed by atoms with Crippen LogP contribution in [0.4, 0.5) is 0 Å². The largest absolute Gasteiger partial charge is 0.481 e. The molecule has 4 N–H and O–H groups in total. The van der Waals surface area contributed by atoms with Crippen LogP contribution < -0.4 is 0 Å². The van der Waals surface area contributed by atoms with Crippen molar-refractivity contribution in [2.24, 2.45) is 0 Å². The van der Waals surface area contributed by atoms with Crippen molar-refractivity contribution in [1.82, 2.24) is 0 Å². The molecule has 0 radical (unpaired) electrons. The highest BCUT2D eigenvalue weighted by Gasteiger charge is 2.01. The first-order chi connectivity index (χ1) is 11.9. The molecule has 1 unspecified atom stereocenters. The molecule has 142 valence electrons. The predicted octanol–water partition coefficient (Wildman–Crippen LogP) is 3.13. The molecule has 0 rings (SSSR count). The molecule has 0 aromatic carbocycles. The lowest BCUT2D eigenvalue weighted by Crippen LogP contribution is -2.03. The van der Waals surface area contributed by atoms with E-state index in [1.807, 2.05) is 12.2 Å². The number of rotatable bonds is 14. The number of carboxylic acids is 1. The van der Waals surface area contributed by atoms with Crippen molar-refractivity contribution in [3.8, 4) is 0 Å². The van der Waals surface area contributed by atoms with Crippen LogP contribution in [-0.4, -0.2) is 44.7 Å². The molecule has 0 fully saturated rings. The number of hydrogen-bond acceptors (Lipinski definition) is 4. The Hall–Kier alpha value is -1.69. The van der Waals surface area contributed by atoms with Crippen molar-refractivity contribution < 1.29 is 25.2 Å². The van der Waals surface area contributed by atoms with E-state index in [4.69, 9.17) is 10.2 Å². The minimum atomic E-state index is -0.852. The highest BCUT2D eigenvalue weighted by atomic mass is 16.4. The monoisotopic (exact) mass is 352 g/mol. The van der Waals surface area contributed by atoms with Crippen molar-refractivity contribution in [3.63, 3.8) is 0 Å². The topological polar surface area (TPSA) is 98.0 Å². The summed E-state index contributed by atoms with van der Waals surface area (Å²) in [5.74, 6) is -0.852. The molecule has 5 heteroatoms. The van der Waals surface area contributed by atoms with Gasteiger partial charge in [-0.1, -0.05) is 48.6 Å². The number of unbranched alkanes of at least 4 members (excludes halogenated alkanes) is 1. The van der Waals surface area contributed by atoms with Crippen LogP contribution >= 0.6 is 0 Å². The molecular weight excluding hydrogens is 320 g/mol. The first-order valence-corrected chi connectivity index (χ1v) is 8.84. The summed E-state index contributed by atoms with van der Waals surface area (Å²) >= 11 is 0. The highest BCUT2D eigenvalue weighted by Crippen LogP contribution is 2.04. The summed E-state index contributed by atoms with van der Waals surface area (Å²) in [6.07, 6.45) is 16.9. The van der Waals surface area contributed by atoms with E-state index >= 15 is 0 Å². The molecule has 0 spiro atoms. The van der Waals surface area contributed by atoms with Crippen molar-refractivity contribution in [2.75, 3.05) is 0 Å². The van der Waals surface area contributed by atoms with E-state index in [2.05, 4.69) is 0 Å². The van der Waals surface area contributed by atoms with Gasteiger partial charge in [-0.3, -0.25) is 4.79 Å². The average molecular weight is 352 g/mol. The third-order valence-electron chi connectivity index (χ3n) is 3.43. The van der Waals surface area contributed by atoms with E-state index in [9.17, 15) is 15.0 Å². The maximum Gasteiger partial charge on any atom is 0.303 e. The molecule has 0 heterocycles. The second-order valence-electron chi connectivity index (χ2n) is 6.06. The smallest absolute Gasteiger partial charge is 0.303 e. The minimum absolute atomic E-state index is 0.0658. The zero-order chi connectivity index (χ0) is 18.9. The third-order valence-corrected chi connectivity index (χ3v) is 3.43. The lowest BCUT2D eigenvalue weighted by Gasteiger charge is -2.02. The fourth-order valence-electron chi connectivity index (χ4n) is 2.03. The van der Waals surface area contributed by atoms with Gasteiger partial charge >= 0.3 is 5.97 Å². The number of allylic oxidation sites excluding steroid dienone is 5. The zero-order valence-corrected chi connectivity index (χ0v) is 15.0. The number of carbonyl (C=O) groups is 1. The van der Waals surface area contributed by atoms with Crippen molar-refractivity contribution >= 4 is 5.97 Å². The molecule has 0 saturated heterocycles. The quantitative estimate of drug-likeness (QED) is 0.219. The van der Waals surface area contributed by atoms with E-state index in [1.54, 1.807) is 43.4 Å². The Labute approximate surface area is 150 Å². The van der Waals surface area contributed by atoms with Gasteiger partial charge in [-0.25, -0.2) is 0 Å². The van der Waals surface area contributed by atoms with E-state index in [1.165, 1.54) is 0 Å². The normalized spacial score (nSPS) is 16.3. The molecule has 0 saturated carbocycles. The van der Waals surface area contributed by atoms with Crippen molar-refractivity contribution in [2.45, 2.75) is 70.2 Å². The molecule has 0 aromatic rings. The van der Waals surface area contributed by atoms with Crippen LogP contribution in [0.2, 0.25) is 0 Å². The molecule has 5 nitrogen and oxygen atoms in total. The van der Waals surface area contributed by atoms with Gasteiger partial charge in [-0.2, -0.15) is 0 Å². The summed E-state index contributed by atoms with van der Waals surface area (Å²) in [6.45, 7) is 1.78. The number of carboxylic acid groups (broad SMARTS) is 1. The van der Waals surface area contributed by atoms with Gasteiger partial charge in [0.1, 0.15) is 0 Å². The molecule has 0 amide bonds. The summed E-state index contributed by atoms with van der Waals surface area (Å²) in [5.41, 5.74) is 0. The van der Waals surface area contributed by atoms with Gasteiger partial charge < -0.3 is 20.4 Å². The first kappa shape index (κ1) is 23.3. The Morgan fingerprint density at radius 2 is 1.52 bits per heavy atom. The number of aliphatic hydroxyl groups is 3. The molecule has 3 atom stereocenters. The van der Waals surface area contributed by atoms with Gasteiger partial charge in [0.25, 0.3) is 0 Å². The van der Waals surface area contributed by atoms with Gasteiger partial charge in [0.05, 0.1) is 18.3 Å². The maximum atomic E-state index is 10.4. The van der Waals surface area contributed by atoms with Crippen LogP contribution in [-0.2, 0) is 4.79 Å². The second-order valence-corrected chi connectivity index (χ2v) is 6.06. The molecule has 25 heavy (non-hydrogen) atoms. The molecular formula is C20H32O5. The SMILES string of the molecule is CC(O)CCC/C=C/C[C@@H](O)/C=C/C=C/C=C/[C@@H](O)CCCC(=O)O. The summed E-state index contributed by atoms with van der Waals surface area (Å²) in [6, 6.07) is 0. The number of aliphatic hydroxyl groups excluding tert-OH is 3. The van der Waals surface area contributed by atoms with Crippen LogP contribution in [0.3, 0.4) is 0 Å². The van der Waals surface area contributed by atoms with Crippen molar-refractivity contribution in [3.05, 3.63) is 48.6 Å². The second kappa shape index (κ2) is 15.8. The molecule has 0 aliphatic rings. The van der Waals surface area contributed by atoms with E-state index in [-0.39, 0.29) is 12.5 Å². The van der Waals surface area contributed by atoms with Gasteiger partial charge in [0.15, 0.2) is 0 Å². The van der Waals surface area contributed by atoms with E-state index in [0.717, 1.165) is 19.3 Å². The Morgan fingerprint density at radius 1 is 0.880 bits per heavy atom. The van der Waals surface area contributed by atoms with Crippen LogP contribution in [0.5, 0.6) is 0 Å². The van der Waals surface area contributed by atoms with Crippen LogP contribution in [0.1, 0.15) is 51.9 Å². The Kier molecular flexibility index (Phi) is 14.7. The average Bonchev–Trinajstić information content (AvgIpc) is 2.53. The van der Waals surface area contributed by atoms with Gasteiger partial charge in [0, 0.05) is 6.42 Å². The Bertz CT molecular complexity index is 449. The predicted molar refractivity (Wildman–Crippen MR) is 100 cm³/mol. The molecule has 0 aromatic heterocycles. The van der Waals surface area contributed by atoms with E-state index in [0.29, 0.717) is 19.3 Å². The minimum Gasteiger partial charge on any atom is -0.481 e. The molecule has 0 aliphatic carbocycles. The maximum absolute atomic E-state index is 10.4. The zero-order valence-electron chi connectivity index (χ0n) is 15.0. The van der Waals surface area contributed by atoms with Crippen LogP contribution in [0, 0.1) is 0 Å². The Balaban J connectivity index is 3.82. The molecule has 0 bridgehead atoms. The summed E-state index contributed by atoms with van der Waals surface area (Å²) in [7, 11) is 0. The van der Waals surface area contributed by atoms with Crippen molar-refractivity contribution in [1.29, 1.82) is 0 Å².